The summed E-state index contributed by atoms with van der Waals surface area (Å²) >= 11 is 0. The average molecular weight is 413 g/mol. The minimum Gasteiger partial charge on any atom is -0.438 e. The van der Waals surface area contributed by atoms with Crippen molar-refractivity contribution in [3.05, 3.63) is 77.8 Å². The quantitative estimate of drug-likeness (QED) is 0.527. The van der Waals surface area contributed by atoms with Gasteiger partial charge in [-0.05, 0) is 37.3 Å². The van der Waals surface area contributed by atoms with Gasteiger partial charge in [0.15, 0.2) is 5.82 Å². The van der Waals surface area contributed by atoms with E-state index >= 15 is 0 Å². The van der Waals surface area contributed by atoms with Gasteiger partial charge in [-0.25, -0.2) is 19.3 Å². The molecule has 4 rings (SSSR count). The molecule has 0 radical (unpaired) electrons. The van der Waals surface area contributed by atoms with Gasteiger partial charge in [0, 0.05) is 30.6 Å². The maximum atomic E-state index is 13.2. The maximum Gasteiger partial charge on any atom is 0.223 e. The summed E-state index contributed by atoms with van der Waals surface area (Å²) in [4.78, 5) is 21.4. The highest BCUT2D eigenvalue weighted by Gasteiger charge is 2.14. The first-order chi connectivity index (χ1) is 15.1. The fourth-order valence-corrected chi connectivity index (χ4v) is 2.82. The standard InChI is InChI=1S/C22H16FN7O/c1-13-29-19(18-5-3-16(23)12-26-18)7-21(30-13)31-20-6-14(8-24)2-4-17(20)22-27-10-15(9-25)11-28-22/h2-7,10-12H,9,25H2,1H3. The molecule has 8 nitrogen and oxygen atoms in total. The van der Waals surface area contributed by atoms with Crippen LogP contribution in [0.4, 0.5) is 4.39 Å². The Morgan fingerprint density at radius 2 is 1.81 bits per heavy atom. The lowest BCUT2D eigenvalue weighted by Crippen LogP contribution is -2.01. The van der Waals surface area contributed by atoms with Crippen molar-refractivity contribution in [2.45, 2.75) is 13.5 Å². The molecule has 3 heterocycles. The van der Waals surface area contributed by atoms with Gasteiger partial charge in [0.1, 0.15) is 17.4 Å². The lowest BCUT2D eigenvalue weighted by Gasteiger charge is -2.12. The molecule has 0 aliphatic rings. The van der Waals surface area contributed by atoms with E-state index in [4.69, 9.17) is 10.5 Å². The largest absolute Gasteiger partial charge is 0.438 e. The molecule has 3 aromatic heterocycles. The van der Waals surface area contributed by atoms with Crippen LogP contribution in [0, 0.1) is 24.1 Å². The first-order valence-corrected chi connectivity index (χ1v) is 9.26. The van der Waals surface area contributed by atoms with Gasteiger partial charge < -0.3 is 10.5 Å². The topological polar surface area (TPSA) is 123 Å². The molecule has 0 atom stereocenters. The zero-order valence-corrected chi connectivity index (χ0v) is 16.5. The molecule has 1 aromatic carbocycles. The van der Waals surface area contributed by atoms with Crippen molar-refractivity contribution < 1.29 is 9.13 Å². The number of hydrogen-bond donors (Lipinski definition) is 1. The Hall–Kier alpha value is -4.29. The molecule has 0 aliphatic carbocycles. The van der Waals surface area contributed by atoms with E-state index in [1.54, 1.807) is 43.6 Å². The van der Waals surface area contributed by atoms with Crippen molar-refractivity contribution in [1.29, 1.82) is 5.26 Å². The number of rotatable bonds is 5. The van der Waals surface area contributed by atoms with Crippen LogP contribution in [0.1, 0.15) is 17.0 Å². The fourth-order valence-electron chi connectivity index (χ4n) is 2.82. The van der Waals surface area contributed by atoms with Gasteiger partial charge in [-0.2, -0.15) is 10.2 Å². The van der Waals surface area contributed by atoms with E-state index in [1.807, 2.05) is 0 Å². The van der Waals surface area contributed by atoms with Gasteiger partial charge in [0.05, 0.1) is 34.8 Å². The smallest absolute Gasteiger partial charge is 0.223 e. The monoisotopic (exact) mass is 413 g/mol. The number of ether oxygens (including phenoxy) is 1. The van der Waals surface area contributed by atoms with Crippen LogP contribution < -0.4 is 10.5 Å². The van der Waals surface area contributed by atoms with Gasteiger partial charge >= 0.3 is 0 Å². The summed E-state index contributed by atoms with van der Waals surface area (Å²) in [6.45, 7) is 2.04. The van der Waals surface area contributed by atoms with E-state index in [0.717, 1.165) is 11.8 Å². The zero-order valence-electron chi connectivity index (χ0n) is 16.5. The van der Waals surface area contributed by atoms with Crippen LogP contribution in [0.5, 0.6) is 11.6 Å². The number of aromatic nitrogens is 5. The summed E-state index contributed by atoms with van der Waals surface area (Å²) in [6, 6.07) is 11.5. The van der Waals surface area contributed by atoms with Crippen molar-refractivity contribution in [2.24, 2.45) is 5.73 Å². The van der Waals surface area contributed by atoms with Gasteiger partial charge in [-0.1, -0.05) is 0 Å². The van der Waals surface area contributed by atoms with Crippen molar-refractivity contribution in [3.8, 4) is 40.5 Å². The van der Waals surface area contributed by atoms with Crippen LogP contribution >= 0.6 is 0 Å². The Balaban J connectivity index is 1.74. The minimum absolute atomic E-state index is 0.239. The SMILES string of the molecule is Cc1nc(Oc2cc(C#N)ccc2-c2ncc(CN)cn2)cc(-c2ccc(F)cn2)n1. The molecule has 0 amide bonds. The third kappa shape index (κ3) is 4.49. The summed E-state index contributed by atoms with van der Waals surface area (Å²) in [5, 5.41) is 9.30. The summed E-state index contributed by atoms with van der Waals surface area (Å²) in [5.41, 5.74) is 8.35. The molecule has 0 spiro atoms. The normalized spacial score (nSPS) is 10.5. The summed E-state index contributed by atoms with van der Waals surface area (Å²) < 4.78 is 19.2. The zero-order chi connectivity index (χ0) is 21.8. The van der Waals surface area contributed by atoms with Gasteiger partial charge in [0.25, 0.3) is 0 Å². The molecular formula is C22H16FN7O. The molecule has 0 aliphatic heterocycles. The number of nitrogens with two attached hydrogens (primary N) is 1. The minimum atomic E-state index is -0.440. The second-order valence-electron chi connectivity index (χ2n) is 6.54. The third-order valence-corrected chi connectivity index (χ3v) is 4.31. The Kier molecular flexibility index (Phi) is 5.55. The van der Waals surface area contributed by atoms with Crippen LogP contribution in [0.25, 0.3) is 22.8 Å². The van der Waals surface area contributed by atoms with Gasteiger partial charge in [-0.15, -0.1) is 0 Å². The molecule has 31 heavy (non-hydrogen) atoms. The number of hydrogen-bond acceptors (Lipinski definition) is 8. The highest BCUT2D eigenvalue weighted by Crippen LogP contribution is 2.33. The second kappa shape index (κ2) is 8.61. The number of nitrogens with zero attached hydrogens (tertiary/aromatic N) is 6. The molecule has 0 bridgehead atoms. The third-order valence-electron chi connectivity index (χ3n) is 4.31. The van der Waals surface area contributed by atoms with E-state index < -0.39 is 5.82 Å². The van der Waals surface area contributed by atoms with Crippen LogP contribution in [-0.4, -0.2) is 24.9 Å². The number of aryl methyl sites for hydroxylation is 1. The summed E-state index contributed by atoms with van der Waals surface area (Å²) in [6.07, 6.45) is 4.39. The second-order valence-corrected chi connectivity index (χ2v) is 6.54. The lowest BCUT2D eigenvalue weighted by molar-refractivity contribution is 0.461. The molecule has 4 aromatic rings. The summed E-state index contributed by atoms with van der Waals surface area (Å²) in [5.74, 6) is 1.02. The fraction of sp³-hybridized carbons (Fsp3) is 0.0909. The Morgan fingerprint density at radius 3 is 2.48 bits per heavy atom. The van der Waals surface area contributed by atoms with Crippen LogP contribution in [-0.2, 0) is 6.54 Å². The molecule has 152 valence electrons. The first kappa shape index (κ1) is 20.0. The lowest BCUT2D eigenvalue weighted by atomic mass is 10.1. The molecule has 0 saturated carbocycles. The van der Waals surface area contributed by atoms with Crippen LogP contribution in [0.15, 0.2) is 55.0 Å². The van der Waals surface area contributed by atoms with Crippen LogP contribution in [0.3, 0.4) is 0 Å². The maximum absolute atomic E-state index is 13.2. The molecule has 0 saturated heterocycles. The number of halogens is 1. The van der Waals surface area contributed by atoms with E-state index in [-0.39, 0.29) is 5.88 Å². The summed E-state index contributed by atoms with van der Waals surface area (Å²) in [7, 11) is 0. The molecule has 2 N–H and O–H groups in total. The highest BCUT2D eigenvalue weighted by molar-refractivity contribution is 5.66. The average Bonchev–Trinajstić information content (AvgIpc) is 2.79. The van der Waals surface area contributed by atoms with E-state index in [2.05, 4.69) is 31.0 Å². The Bertz CT molecular complexity index is 1270. The molecule has 9 heteroatoms. The van der Waals surface area contributed by atoms with E-state index in [0.29, 0.717) is 46.5 Å². The van der Waals surface area contributed by atoms with Crippen molar-refractivity contribution in [3.63, 3.8) is 0 Å². The van der Waals surface area contributed by atoms with E-state index in [9.17, 15) is 9.65 Å². The Labute approximate surface area is 177 Å². The molecule has 0 unspecified atom stereocenters. The highest BCUT2D eigenvalue weighted by atomic mass is 19.1. The number of nitriles is 1. The van der Waals surface area contributed by atoms with Crippen molar-refractivity contribution >= 4 is 0 Å². The number of benzene rings is 1. The predicted molar refractivity (Wildman–Crippen MR) is 110 cm³/mol. The predicted octanol–water partition coefficient (Wildman–Crippen LogP) is 3.57. The molecular weight excluding hydrogens is 397 g/mol. The first-order valence-electron chi connectivity index (χ1n) is 9.26. The van der Waals surface area contributed by atoms with Gasteiger partial charge in [-0.3, -0.25) is 4.98 Å². The van der Waals surface area contributed by atoms with Crippen LogP contribution in [0.2, 0.25) is 0 Å². The van der Waals surface area contributed by atoms with E-state index in [1.165, 1.54) is 12.1 Å². The number of pyridine rings is 1. The van der Waals surface area contributed by atoms with Gasteiger partial charge in [0.2, 0.25) is 5.88 Å². The van der Waals surface area contributed by atoms with Crippen molar-refractivity contribution in [2.75, 3.05) is 0 Å². The van der Waals surface area contributed by atoms with Crippen molar-refractivity contribution in [1.82, 2.24) is 24.9 Å². The molecule has 0 fully saturated rings. The Morgan fingerprint density at radius 1 is 1.00 bits per heavy atom.